The third-order valence-corrected chi connectivity index (χ3v) is 4.39. The monoisotopic (exact) mass is 473 g/mol. The number of hydrogen-bond acceptors (Lipinski definition) is 5. The number of piperidine rings is 1. The molecule has 3 rings (SSSR count). The summed E-state index contributed by atoms with van der Waals surface area (Å²) in [7, 11) is 3.50. The minimum absolute atomic E-state index is 0. The van der Waals surface area contributed by atoms with Crippen molar-refractivity contribution in [1.82, 2.24) is 25.5 Å². The normalized spacial score (nSPS) is 20.2. The van der Waals surface area contributed by atoms with Crippen molar-refractivity contribution in [3.63, 3.8) is 0 Å². The van der Waals surface area contributed by atoms with Crippen LogP contribution in [0.3, 0.4) is 0 Å². The van der Waals surface area contributed by atoms with Gasteiger partial charge in [-0.05, 0) is 31.7 Å². The van der Waals surface area contributed by atoms with Crippen LogP contribution < -0.4 is 15.5 Å². The van der Waals surface area contributed by atoms with Crippen molar-refractivity contribution in [3.05, 3.63) is 18.5 Å². The number of nitrogens with zero attached hydrogens (tertiary/aromatic N) is 5. The summed E-state index contributed by atoms with van der Waals surface area (Å²) in [6.07, 6.45) is 8.01. The van der Waals surface area contributed by atoms with Crippen LogP contribution in [0.15, 0.2) is 23.5 Å². The Morgan fingerprint density at radius 2 is 1.92 bits per heavy atom. The molecule has 1 aromatic rings. The summed E-state index contributed by atoms with van der Waals surface area (Å²) in [5.41, 5.74) is 0. The zero-order chi connectivity index (χ0) is 17.6. The van der Waals surface area contributed by atoms with Crippen LogP contribution in [-0.2, 0) is 4.79 Å². The van der Waals surface area contributed by atoms with Crippen molar-refractivity contribution in [2.45, 2.75) is 37.8 Å². The van der Waals surface area contributed by atoms with E-state index in [2.05, 4.69) is 30.5 Å². The first-order valence-electron chi connectivity index (χ1n) is 8.91. The first-order chi connectivity index (χ1) is 12.1. The molecule has 0 spiro atoms. The van der Waals surface area contributed by atoms with Crippen LogP contribution in [0.2, 0.25) is 0 Å². The summed E-state index contributed by atoms with van der Waals surface area (Å²) in [5, 5.41) is 6.90. The molecule has 1 aliphatic heterocycles. The van der Waals surface area contributed by atoms with Gasteiger partial charge in [0.25, 0.3) is 0 Å². The summed E-state index contributed by atoms with van der Waals surface area (Å²) in [6.45, 7) is 1.95. The van der Waals surface area contributed by atoms with E-state index in [1.165, 1.54) is 0 Å². The van der Waals surface area contributed by atoms with Gasteiger partial charge in [0.1, 0.15) is 6.54 Å². The fourth-order valence-electron chi connectivity index (χ4n) is 2.77. The van der Waals surface area contributed by atoms with Crippen molar-refractivity contribution >= 4 is 41.8 Å². The number of anilines is 1. The molecule has 2 fully saturated rings. The third-order valence-electron chi connectivity index (χ3n) is 4.39. The summed E-state index contributed by atoms with van der Waals surface area (Å²) in [4.78, 5) is 28.7. The molecule has 1 amide bonds. The summed E-state index contributed by atoms with van der Waals surface area (Å²) in [5.74, 6) is 1.50. The number of carbonyl (C=O) groups is 1. The van der Waals surface area contributed by atoms with E-state index in [-0.39, 0.29) is 42.5 Å². The number of aliphatic imine (C=N–C) groups is 1. The average molecular weight is 473 g/mol. The number of likely N-dealkylation sites (N-methyl/N-ethyl adjacent to an activating group) is 1. The molecule has 0 radical (unpaired) electrons. The van der Waals surface area contributed by atoms with Gasteiger partial charge in [0.2, 0.25) is 11.9 Å². The predicted octanol–water partition coefficient (Wildman–Crippen LogP) is 0.849. The summed E-state index contributed by atoms with van der Waals surface area (Å²) < 4.78 is 0. The van der Waals surface area contributed by atoms with E-state index in [9.17, 15) is 4.79 Å². The second kappa shape index (κ2) is 9.89. The fourth-order valence-corrected chi connectivity index (χ4v) is 2.77. The van der Waals surface area contributed by atoms with Crippen LogP contribution in [0, 0.1) is 0 Å². The lowest BCUT2D eigenvalue weighted by Gasteiger charge is -2.33. The molecule has 9 heteroatoms. The molecule has 2 N–H and O–H groups in total. The molecule has 1 saturated carbocycles. The number of nitrogens with one attached hydrogen (secondary N) is 2. The molecular weight excluding hydrogens is 445 g/mol. The molecule has 1 aromatic heterocycles. The SMILES string of the molecule is CN(C)C(=O)CN=C(NC1CC1)NC1CCCN(c2ncccn2)C1.I. The second-order valence-corrected chi connectivity index (χ2v) is 6.85. The lowest BCUT2D eigenvalue weighted by atomic mass is 10.1. The smallest absolute Gasteiger partial charge is 0.243 e. The van der Waals surface area contributed by atoms with Gasteiger partial charge in [0.05, 0.1) is 0 Å². The highest BCUT2D eigenvalue weighted by Gasteiger charge is 2.26. The molecule has 2 aliphatic rings. The van der Waals surface area contributed by atoms with E-state index in [4.69, 9.17) is 0 Å². The summed E-state index contributed by atoms with van der Waals surface area (Å²) >= 11 is 0. The van der Waals surface area contributed by atoms with E-state index in [0.29, 0.717) is 6.04 Å². The van der Waals surface area contributed by atoms with E-state index >= 15 is 0 Å². The predicted molar refractivity (Wildman–Crippen MR) is 113 cm³/mol. The van der Waals surface area contributed by atoms with Gasteiger partial charge in [-0.1, -0.05) is 0 Å². The van der Waals surface area contributed by atoms with Gasteiger partial charge in [0, 0.05) is 51.7 Å². The lowest BCUT2D eigenvalue weighted by Crippen LogP contribution is -2.52. The maximum Gasteiger partial charge on any atom is 0.243 e. The number of aromatic nitrogens is 2. The van der Waals surface area contributed by atoms with Crippen LogP contribution in [0.1, 0.15) is 25.7 Å². The van der Waals surface area contributed by atoms with Gasteiger partial charge in [-0.2, -0.15) is 0 Å². The van der Waals surface area contributed by atoms with Crippen molar-refractivity contribution in [1.29, 1.82) is 0 Å². The van der Waals surface area contributed by atoms with Gasteiger partial charge in [-0.25, -0.2) is 15.0 Å². The number of amides is 1. The van der Waals surface area contributed by atoms with Gasteiger partial charge in [-0.3, -0.25) is 4.79 Å². The molecule has 0 aromatic carbocycles. The minimum atomic E-state index is -0.000136. The quantitative estimate of drug-likeness (QED) is 0.375. The van der Waals surface area contributed by atoms with E-state index in [1.54, 1.807) is 31.4 Å². The molecule has 0 bridgehead atoms. The van der Waals surface area contributed by atoms with E-state index < -0.39 is 0 Å². The molecule has 1 saturated heterocycles. The van der Waals surface area contributed by atoms with Crippen LogP contribution in [0.4, 0.5) is 5.95 Å². The highest BCUT2D eigenvalue weighted by atomic mass is 127. The molecule has 8 nitrogen and oxygen atoms in total. The van der Waals surface area contributed by atoms with E-state index in [1.807, 2.05) is 6.07 Å². The zero-order valence-electron chi connectivity index (χ0n) is 15.4. The first-order valence-corrected chi connectivity index (χ1v) is 8.91. The average Bonchev–Trinajstić information content (AvgIpc) is 3.44. The van der Waals surface area contributed by atoms with Crippen LogP contribution in [0.25, 0.3) is 0 Å². The number of halogens is 1. The minimum Gasteiger partial charge on any atom is -0.354 e. The number of guanidine groups is 1. The fraction of sp³-hybridized carbons (Fsp3) is 0.647. The Morgan fingerprint density at radius 1 is 1.23 bits per heavy atom. The lowest BCUT2D eigenvalue weighted by molar-refractivity contribution is -0.127. The molecule has 1 atom stereocenters. The van der Waals surface area contributed by atoms with Crippen molar-refractivity contribution in [3.8, 4) is 0 Å². The standard InChI is InChI=1S/C17H27N7O.HI/c1-23(2)15(25)11-20-16(21-13-6-7-13)22-14-5-3-10-24(12-14)17-18-8-4-9-19-17;/h4,8-9,13-14H,3,5-7,10-12H2,1-2H3,(H2,20,21,22);1H. The molecule has 2 heterocycles. The highest BCUT2D eigenvalue weighted by Crippen LogP contribution is 2.19. The number of hydrogen-bond donors (Lipinski definition) is 2. The van der Waals surface area contributed by atoms with Crippen molar-refractivity contribution in [2.75, 3.05) is 38.6 Å². The Hall–Kier alpha value is -1.65. The largest absolute Gasteiger partial charge is 0.354 e. The second-order valence-electron chi connectivity index (χ2n) is 6.85. The molecule has 144 valence electrons. The van der Waals surface area contributed by atoms with Gasteiger partial charge in [-0.15, -0.1) is 24.0 Å². The molecule has 1 unspecified atom stereocenters. The van der Waals surface area contributed by atoms with Crippen molar-refractivity contribution < 1.29 is 4.79 Å². The Kier molecular flexibility index (Phi) is 7.85. The van der Waals surface area contributed by atoms with Gasteiger partial charge >= 0.3 is 0 Å². The van der Waals surface area contributed by atoms with Crippen LogP contribution >= 0.6 is 24.0 Å². The topological polar surface area (TPSA) is 85.8 Å². The van der Waals surface area contributed by atoms with Gasteiger partial charge < -0.3 is 20.4 Å². The Bertz CT molecular complexity index is 606. The molecular formula is C17H28IN7O. The maximum absolute atomic E-state index is 11.8. The number of carbonyl (C=O) groups excluding carboxylic acids is 1. The molecule has 1 aliphatic carbocycles. The van der Waals surface area contributed by atoms with Gasteiger partial charge in [0.15, 0.2) is 5.96 Å². The Balaban J connectivity index is 0.00000243. The third kappa shape index (κ3) is 6.26. The maximum atomic E-state index is 11.8. The molecule has 26 heavy (non-hydrogen) atoms. The van der Waals surface area contributed by atoms with E-state index in [0.717, 1.165) is 50.7 Å². The van der Waals surface area contributed by atoms with Crippen molar-refractivity contribution in [2.24, 2.45) is 4.99 Å². The highest BCUT2D eigenvalue weighted by molar-refractivity contribution is 14.0. The summed E-state index contributed by atoms with van der Waals surface area (Å²) in [6, 6.07) is 2.57. The van der Waals surface area contributed by atoms with Crippen LogP contribution in [-0.4, -0.2) is 72.5 Å². The zero-order valence-corrected chi connectivity index (χ0v) is 17.7. The first kappa shape index (κ1) is 20.7. The number of rotatable bonds is 5. The Morgan fingerprint density at radius 3 is 2.58 bits per heavy atom. The van der Waals surface area contributed by atoms with Crippen LogP contribution in [0.5, 0.6) is 0 Å². The Labute approximate surface area is 171 Å².